The van der Waals surface area contributed by atoms with Crippen molar-refractivity contribution in [2.75, 3.05) is 30.4 Å². The molecule has 1 saturated heterocycles. The summed E-state index contributed by atoms with van der Waals surface area (Å²) in [4.78, 5) is 26.8. The van der Waals surface area contributed by atoms with Gasteiger partial charge in [0.05, 0.1) is 21.6 Å². The lowest BCUT2D eigenvalue weighted by atomic mass is 9.99. The summed E-state index contributed by atoms with van der Waals surface area (Å²) in [6.45, 7) is 3.78. The molecule has 0 radical (unpaired) electrons. The first-order valence-corrected chi connectivity index (χ1v) is 9.12. The Morgan fingerprint density at radius 3 is 2.52 bits per heavy atom. The van der Waals surface area contributed by atoms with Gasteiger partial charge in [0.15, 0.2) is 0 Å². The second-order valence-electron chi connectivity index (χ2n) is 7.35. The standard InChI is InChI=1S/C17H21ClFN5O2.ClH/c1-8-6-22(7-9(8)5-20)15-12(19)4-11-14(13(15)18)23(10-2-3-10)17(26)24(21)16(11)25;/h4,8-10H,2-3,5-7,20-21H2,1H3;1H/t8-,9-;/m0./s1. The Labute approximate surface area is 166 Å². The minimum absolute atomic E-state index is 0. The summed E-state index contributed by atoms with van der Waals surface area (Å²) in [5.41, 5.74) is 4.93. The van der Waals surface area contributed by atoms with Gasteiger partial charge in [0, 0.05) is 19.1 Å². The summed E-state index contributed by atoms with van der Waals surface area (Å²) in [5.74, 6) is 5.56. The SMILES string of the molecule is C[C@H]1CN(c2c(F)cc3c(=O)n(N)c(=O)n(C4CC4)c3c2Cl)C[C@@H]1CN.Cl. The molecule has 0 unspecified atom stereocenters. The average Bonchev–Trinajstić information content (AvgIpc) is 3.37. The molecule has 1 saturated carbocycles. The molecule has 2 aromatic rings. The fourth-order valence-corrected chi connectivity index (χ4v) is 4.31. The number of fused-ring (bicyclic) bond motifs is 1. The zero-order valence-corrected chi connectivity index (χ0v) is 16.4. The van der Waals surface area contributed by atoms with Crippen molar-refractivity contribution in [1.82, 2.24) is 9.24 Å². The third kappa shape index (κ3) is 2.99. The maximum absolute atomic E-state index is 14.9. The third-order valence-corrected chi connectivity index (χ3v) is 5.93. The molecule has 1 aromatic heterocycles. The molecule has 0 bridgehead atoms. The Morgan fingerprint density at radius 1 is 1.30 bits per heavy atom. The maximum atomic E-state index is 14.9. The van der Waals surface area contributed by atoms with Crippen LogP contribution in [-0.2, 0) is 0 Å². The van der Waals surface area contributed by atoms with E-state index in [1.54, 1.807) is 0 Å². The summed E-state index contributed by atoms with van der Waals surface area (Å²) in [5, 5.41) is 0.111. The molecule has 1 aliphatic carbocycles. The number of nitrogens with zero attached hydrogens (tertiary/aromatic N) is 3. The van der Waals surface area contributed by atoms with Gasteiger partial charge >= 0.3 is 5.69 Å². The zero-order chi connectivity index (χ0) is 18.7. The molecule has 148 valence electrons. The first-order valence-electron chi connectivity index (χ1n) is 8.74. The maximum Gasteiger partial charge on any atom is 0.350 e. The van der Waals surface area contributed by atoms with Crippen molar-refractivity contribution in [3.8, 4) is 0 Å². The Hall–Kier alpha value is -1.77. The average molecular weight is 418 g/mol. The molecule has 1 aromatic carbocycles. The molecule has 1 aliphatic heterocycles. The van der Waals surface area contributed by atoms with Crippen LogP contribution >= 0.6 is 24.0 Å². The fourth-order valence-electron chi connectivity index (χ4n) is 3.91. The highest BCUT2D eigenvalue weighted by Gasteiger charge is 2.34. The first kappa shape index (κ1) is 20.0. The molecule has 2 heterocycles. The first-order chi connectivity index (χ1) is 12.3. The van der Waals surface area contributed by atoms with E-state index in [4.69, 9.17) is 23.2 Å². The van der Waals surface area contributed by atoms with E-state index in [1.165, 1.54) is 4.57 Å². The van der Waals surface area contributed by atoms with Gasteiger partial charge in [-0.3, -0.25) is 9.36 Å². The normalized spacial score (nSPS) is 22.3. The van der Waals surface area contributed by atoms with E-state index in [0.717, 1.165) is 18.9 Å². The van der Waals surface area contributed by atoms with Crippen LogP contribution in [-0.4, -0.2) is 28.9 Å². The lowest BCUT2D eigenvalue weighted by Crippen LogP contribution is -2.44. The summed E-state index contributed by atoms with van der Waals surface area (Å²) in [6, 6.07) is 1.08. The molecule has 2 aliphatic rings. The summed E-state index contributed by atoms with van der Waals surface area (Å²) in [7, 11) is 0. The Bertz CT molecular complexity index is 1020. The highest BCUT2D eigenvalue weighted by molar-refractivity contribution is 6.38. The topological polar surface area (TPSA) is 99.3 Å². The Morgan fingerprint density at radius 2 is 1.96 bits per heavy atom. The second kappa shape index (κ2) is 7.00. The van der Waals surface area contributed by atoms with Gasteiger partial charge in [-0.05, 0) is 37.3 Å². The highest BCUT2D eigenvalue weighted by atomic mass is 35.5. The molecule has 4 N–H and O–H groups in total. The van der Waals surface area contributed by atoms with Crippen LogP contribution in [0.3, 0.4) is 0 Å². The smallest absolute Gasteiger partial charge is 0.350 e. The van der Waals surface area contributed by atoms with Gasteiger partial charge in [-0.15, -0.1) is 12.4 Å². The van der Waals surface area contributed by atoms with Crippen molar-refractivity contribution in [3.63, 3.8) is 0 Å². The van der Waals surface area contributed by atoms with E-state index in [0.29, 0.717) is 30.2 Å². The zero-order valence-electron chi connectivity index (χ0n) is 14.8. The predicted molar refractivity (Wildman–Crippen MR) is 107 cm³/mol. The van der Waals surface area contributed by atoms with Gasteiger partial charge < -0.3 is 16.5 Å². The number of nitrogen functional groups attached to an aromatic ring is 1. The lowest BCUT2D eigenvalue weighted by molar-refractivity contribution is 0.463. The van der Waals surface area contributed by atoms with E-state index in [-0.39, 0.29) is 46.0 Å². The van der Waals surface area contributed by atoms with Crippen LogP contribution in [0.4, 0.5) is 10.1 Å². The monoisotopic (exact) mass is 417 g/mol. The van der Waals surface area contributed by atoms with E-state index in [9.17, 15) is 14.0 Å². The summed E-state index contributed by atoms with van der Waals surface area (Å²) in [6.07, 6.45) is 1.60. The molecule has 27 heavy (non-hydrogen) atoms. The van der Waals surface area contributed by atoms with Crippen molar-refractivity contribution in [2.24, 2.45) is 17.6 Å². The van der Waals surface area contributed by atoms with E-state index >= 15 is 0 Å². The number of anilines is 1. The summed E-state index contributed by atoms with van der Waals surface area (Å²) < 4.78 is 16.9. The van der Waals surface area contributed by atoms with Crippen molar-refractivity contribution in [3.05, 3.63) is 37.7 Å². The third-order valence-electron chi connectivity index (χ3n) is 5.57. The van der Waals surface area contributed by atoms with Gasteiger partial charge in [-0.25, -0.2) is 9.18 Å². The molecule has 7 nitrogen and oxygen atoms in total. The highest BCUT2D eigenvalue weighted by Crippen LogP contribution is 2.42. The van der Waals surface area contributed by atoms with Crippen molar-refractivity contribution in [2.45, 2.75) is 25.8 Å². The van der Waals surface area contributed by atoms with Crippen molar-refractivity contribution < 1.29 is 4.39 Å². The quantitative estimate of drug-likeness (QED) is 0.736. The molecule has 2 fully saturated rings. The molecule has 0 spiro atoms. The number of rotatable bonds is 3. The molecule has 2 atom stereocenters. The number of nitrogens with two attached hydrogens (primary N) is 2. The van der Waals surface area contributed by atoms with E-state index in [1.807, 2.05) is 4.90 Å². The van der Waals surface area contributed by atoms with Crippen LogP contribution in [0.15, 0.2) is 15.7 Å². The molecule has 4 rings (SSSR count). The van der Waals surface area contributed by atoms with Crippen LogP contribution < -0.4 is 27.7 Å². The number of hydrogen-bond acceptors (Lipinski definition) is 5. The van der Waals surface area contributed by atoms with Gasteiger partial charge in [-0.1, -0.05) is 18.5 Å². The van der Waals surface area contributed by atoms with Crippen LogP contribution in [0, 0.1) is 17.7 Å². The number of aromatic nitrogens is 2. The summed E-state index contributed by atoms with van der Waals surface area (Å²) >= 11 is 6.58. The number of hydrogen-bond donors (Lipinski definition) is 2. The number of halogens is 3. The largest absolute Gasteiger partial charge is 0.367 e. The van der Waals surface area contributed by atoms with Gasteiger partial charge in [-0.2, -0.15) is 4.68 Å². The van der Waals surface area contributed by atoms with E-state index < -0.39 is 17.1 Å². The van der Waals surface area contributed by atoms with Gasteiger partial charge in [0.25, 0.3) is 5.56 Å². The van der Waals surface area contributed by atoms with Crippen LogP contribution in [0.1, 0.15) is 25.8 Å². The molecule has 0 amide bonds. The Balaban J connectivity index is 0.00000210. The van der Waals surface area contributed by atoms with Crippen LogP contribution in [0.5, 0.6) is 0 Å². The molecular formula is C17H22Cl2FN5O2. The van der Waals surface area contributed by atoms with E-state index in [2.05, 4.69) is 6.92 Å². The van der Waals surface area contributed by atoms with Crippen LogP contribution in [0.2, 0.25) is 5.02 Å². The van der Waals surface area contributed by atoms with Crippen LogP contribution in [0.25, 0.3) is 10.9 Å². The predicted octanol–water partition coefficient (Wildman–Crippen LogP) is 1.46. The minimum Gasteiger partial charge on any atom is -0.367 e. The Kier molecular flexibility index (Phi) is 5.18. The number of benzene rings is 1. The second-order valence-corrected chi connectivity index (χ2v) is 7.73. The van der Waals surface area contributed by atoms with Crippen molar-refractivity contribution in [1.29, 1.82) is 0 Å². The van der Waals surface area contributed by atoms with Gasteiger partial charge in [0.1, 0.15) is 5.82 Å². The molecular weight excluding hydrogens is 396 g/mol. The van der Waals surface area contributed by atoms with Gasteiger partial charge in [0.2, 0.25) is 0 Å². The molecule has 10 heteroatoms. The lowest BCUT2D eigenvalue weighted by Gasteiger charge is -2.23. The fraction of sp³-hybridized carbons (Fsp3) is 0.529. The van der Waals surface area contributed by atoms with Crippen molar-refractivity contribution >= 4 is 40.6 Å². The minimum atomic E-state index is -0.746.